The Kier molecular flexibility index (Phi) is 5.03. The predicted molar refractivity (Wildman–Crippen MR) is 97.6 cm³/mol. The Morgan fingerprint density at radius 3 is 2.93 bits per heavy atom. The van der Waals surface area contributed by atoms with Crippen LogP contribution in [0.25, 0.3) is 0 Å². The first-order valence-corrected chi connectivity index (χ1v) is 9.39. The molecule has 1 fully saturated rings. The van der Waals surface area contributed by atoms with Crippen LogP contribution in [0, 0.1) is 5.82 Å². The zero-order valence-corrected chi connectivity index (χ0v) is 15.3. The molecule has 6 nitrogen and oxygen atoms in total. The second kappa shape index (κ2) is 7.60. The monoisotopic (exact) mass is 370 g/mol. The van der Waals surface area contributed by atoms with Gasteiger partial charge in [-0.3, -0.25) is 4.79 Å². The molecule has 1 N–H and O–H groups in total. The third kappa shape index (κ3) is 3.93. The Labute approximate surface area is 157 Å². The van der Waals surface area contributed by atoms with Crippen molar-refractivity contribution in [1.29, 1.82) is 0 Å². The van der Waals surface area contributed by atoms with Crippen LogP contribution in [0.2, 0.25) is 0 Å². The highest BCUT2D eigenvalue weighted by molar-refractivity contribution is 5.81. The molecule has 0 spiro atoms. The van der Waals surface area contributed by atoms with Crippen molar-refractivity contribution in [3.8, 4) is 5.75 Å². The van der Waals surface area contributed by atoms with Gasteiger partial charge in [0.2, 0.25) is 0 Å². The van der Waals surface area contributed by atoms with Gasteiger partial charge in [0.05, 0.1) is 11.7 Å². The molecule has 2 atom stereocenters. The van der Waals surface area contributed by atoms with Crippen LogP contribution in [-0.4, -0.2) is 40.0 Å². The molecular weight excluding hydrogens is 347 g/mol. The number of halogens is 1. The van der Waals surface area contributed by atoms with Crippen LogP contribution in [0.1, 0.15) is 42.9 Å². The standard InChI is InChI=1S/C20H23FN4O2/c1-13(27-16-6-4-15(21)5-7-16)20(26)25-10-8-17-14(12-25)11-23-19(24-17)18-3-2-9-22-18/h4-7,11,13,18,22H,2-3,8-10,12H2,1H3/t13-,18-/m0/s1. The highest BCUT2D eigenvalue weighted by Crippen LogP contribution is 2.24. The maximum Gasteiger partial charge on any atom is 0.263 e. The largest absolute Gasteiger partial charge is 0.481 e. The van der Waals surface area contributed by atoms with Crippen molar-refractivity contribution in [2.45, 2.75) is 44.9 Å². The summed E-state index contributed by atoms with van der Waals surface area (Å²) in [5.41, 5.74) is 2.02. The minimum atomic E-state index is -0.639. The molecule has 7 heteroatoms. The first-order chi connectivity index (χ1) is 13.1. The Bertz CT molecular complexity index is 821. The summed E-state index contributed by atoms with van der Waals surface area (Å²) in [6.07, 6.45) is 4.15. The molecule has 0 bridgehead atoms. The van der Waals surface area contributed by atoms with Crippen molar-refractivity contribution in [3.05, 3.63) is 53.4 Å². The second-order valence-electron chi connectivity index (χ2n) is 7.07. The van der Waals surface area contributed by atoms with E-state index >= 15 is 0 Å². The van der Waals surface area contributed by atoms with Crippen molar-refractivity contribution in [3.63, 3.8) is 0 Å². The number of aromatic nitrogens is 2. The smallest absolute Gasteiger partial charge is 0.263 e. The molecule has 27 heavy (non-hydrogen) atoms. The molecule has 0 radical (unpaired) electrons. The highest BCUT2D eigenvalue weighted by atomic mass is 19.1. The first kappa shape index (κ1) is 17.9. The third-order valence-corrected chi connectivity index (χ3v) is 5.11. The summed E-state index contributed by atoms with van der Waals surface area (Å²) in [4.78, 5) is 23.7. The van der Waals surface area contributed by atoms with Gasteiger partial charge in [0.25, 0.3) is 5.91 Å². The second-order valence-corrected chi connectivity index (χ2v) is 7.07. The molecule has 1 aromatic carbocycles. The lowest BCUT2D eigenvalue weighted by Crippen LogP contribution is -2.43. The van der Waals surface area contributed by atoms with E-state index < -0.39 is 6.10 Å². The fourth-order valence-corrected chi connectivity index (χ4v) is 3.62. The van der Waals surface area contributed by atoms with E-state index in [9.17, 15) is 9.18 Å². The molecular formula is C20H23FN4O2. The molecule has 1 amide bonds. The lowest BCUT2D eigenvalue weighted by atomic mass is 10.1. The number of ether oxygens (including phenoxy) is 1. The van der Waals surface area contributed by atoms with Crippen molar-refractivity contribution in [2.24, 2.45) is 0 Å². The molecule has 142 valence electrons. The topological polar surface area (TPSA) is 67.3 Å². The van der Waals surface area contributed by atoms with E-state index in [1.54, 1.807) is 11.8 Å². The molecule has 3 heterocycles. The average molecular weight is 370 g/mol. The van der Waals surface area contributed by atoms with Crippen molar-refractivity contribution >= 4 is 5.91 Å². The summed E-state index contributed by atoms with van der Waals surface area (Å²) in [7, 11) is 0. The molecule has 1 saturated heterocycles. The van der Waals surface area contributed by atoms with Gasteiger partial charge in [-0.2, -0.15) is 0 Å². The summed E-state index contributed by atoms with van der Waals surface area (Å²) in [6, 6.07) is 5.93. The van der Waals surface area contributed by atoms with E-state index in [0.717, 1.165) is 36.5 Å². The van der Waals surface area contributed by atoms with Crippen LogP contribution in [0.4, 0.5) is 4.39 Å². The number of hydrogen-bond acceptors (Lipinski definition) is 5. The number of amides is 1. The van der Waals surface area contributed by atoms with Crippen molar-refractivity contribution in [2.75, 3.05) is 13.1 Å². The Morgan fingerprint density at radius 1 is 1.37 bits per heavy atom. The zero-order valence-electron chi connectivity index (χ0n) is 15.3. The maximum atomic E-state index is 13.0. The Hall–Kier alpha value is -2.54. The van der Waals surface area contributed by atoms with E-state index in [4.69, 9.17) is 9.72 Å². The highest BCUT2D eigenvalue weighted by Gasteiger charge is 2.28. The molecule has 4 rings (SSSR count). The van der Waals surface area contributed by atoms with Gasteiger partial charge in [-0.1, -0.05) is 0 Å². The van der Waals surface area contributed by atoms with Gasteiger partial charge in [-0.05, 0) is 50.6 Å². The molecule has 0 unspecified atom stereocenters. The average Bonchev–Trinajstić information content (AvgIpc) is 3.23. The van der Waals surface area contributed by atoms with Crippen molar-refractivity contribution < 1.29 is 13.9 Å². The van der Waals surface area contributed by atoms with Gasteiger partial charge >= 0.3 is 0 Å². The summed E-state index contributed by atoms with van der Waals surface area (Å²) >= 11 is 0. The van der Waals surface area contributed by atoms with Crippen LogP contribution in [0.15, 0.2) is 30.5 Å². The van der Waals surface area contributed by atoms with E-state index in [0.29, 0.717) is 25.3 Å². The first-order valence-electron chi connectivity index (χ1n) is 9.39. The van der Waals surface area contributed by atoms with Crippen molar-refractivity contribution in [1.82, 2.24) is 20.2 Å². The van der Waals surface area contributed by atoms with E-state index in [1.807, 2.05) is 6.20 Å². The third-order valence-electron chi connectivity index (χ3n) is 5.11. The predicted octanol–water partition coefficient (Wildman–Crippen LogP) is 2.39. The number of nitrogens with one attached hydrogen (secondary N) is 1. The van der Waals surface area contributed by atoms with Gasteiger partial charge in [0, 0.05) is 31.3 Å². The number of carbonyl (C=O) groups is 1. The van der Waals surface area contributed by atoms with Gasteiger partial charge in [0.15, 0.2) is 6.10 Å². The lowest BCUT2D eigenvalue weighted by molar-refractivity contribution is -0.138. The maximum absolute atomic E-state index is 13.0. The molecule has 0 aliphatic carbocycles. The fraction of sp³-hybridized carbons (Fsp3) is 0.450. The molecule has 1 aromatic heterocycles. The van der Waals surface area contributed by atoms with Crippen LogP contribution < -0.4 is 10.1 Å². The number of carbonyl (C=O) groups excluding carboxylic acids is 1. The quantitative estimate of drug-likeness (QED) is 0.895. The van der Waals surface area contributed by atoms with Gasteiger partial charge in [-0.15, -0.1) is 0 Å². The number of fused-ring (bicyclic) bond motifs is 1. The number of nitrogens with zero attached hydrogens (tertiary/aromatic N) is 3. The molecule has 2 aliphatic heterocycles. The summed E-state index contributed by atoms with van der Waals surface area (Å²) < 4.78 is 18.7. The summed E-state index contributed by atoms with van der Waals surface area (Å²) in [5, 5.41) is 3.42. The van der Waals surface area contributed by atoms with Gasteiger partial charge in [0.1, 0.15) is 17.4 Å². The fourth-order valence-electron chi connectivity index (χ4n) is 3.62. The number of benzene rings is 1. The Morgan fingerprint density at radius 2 is 2.19 bits per heavy atom. The minimum absolute atomic E-state index is 0.0912. The molecule has 2 aliphatic rings. The molecule has 2 aromatic rings. The van der Waals surface area contributed by atoms with E-state index in [-0.39, 0.29) is 17.8 Å². The van der Waals surface area contributed by atoms with Crippen LogP contribution in [-0.2, 0) is 17.8 Å². The number of hydrogen-bond donors (Lipinski definition) is 1. The van der Waals surface area contributed by atoms with E-state index in [2.05, 4.69) is 10.3 Å². The van der Waals surface area contributed by atoms with E-state index in [1.165, 1.54) is 24.3 Å². The van der Waals surface area contributed by atoms with Crippen LogP contribution >= 0.6 is 0 Å². The minimum Gasteiger partial charge on any atom is -0.481 e. The van der Waals surface area contributed by atoms with Gasteiger partial charge < -0.3 is 15.0 Å². The van der Waals surface area contributed by atoms with Crippen LogP contribution in [0.3, 0.4) is 0 Å². The number of rotatable bonds is 4. The normalized spacial score (nSPS) is 20.2. The zero-order chi connectivity index (χ0) is 18.8. The van der Waals surface area contributed by atoms with Gasteiger partial charge in [-0.25, -0.2) is 14.4 Å². The summed E-state index contributed by atoms with van der Waals surface area (Å²) in [6.45, 7) is 3.83. The summed E-state index contributed by atoms with van der Waals surface area (Å²) in [5.74, 6) is 0.915. The SMILES string of the molecule is C[C@H](Oc1ccc(F)cc1)C(=O)N1CCc2nc([C@@H]3CCCN3)ncc2C1. The van der Waals surface area contributed by atoms with Crippen LogP contribution in [0.5, 0.6) is 5.75 Å². The lowest BCUT2D eigenvalue weighted by Gasteiger charge is -2.30. The Balaban J connectivity index is 1.40. The molecule has 0 saturated carbocycles.